The fourth-order valence-corrected chi connectivity index (χ4v) is 14.1. The summed E-state index contributed by atoms with van der Waals surface area (Å²) in [5, 5.41) is 7.89. The number of ether oxygens (including phenoxy) is 4. The van der Waals surface area contributed by atoms with Crippen molar-refractivity contribution >= 4 is 62.2 Å². The van der Waals surface area contributed by atoms with Crippen LogP contribution in [0.4, 0.5) is 14.4 Å². The van der Waals surface area contributed by atoms with Crippen LogP contribution in [0, 0.1) is 0 Å². The maximum atomic E-state index is 14.6. The summed E-state index contributed by atoms with van der Waals surface area (Å²) in [5.74, 6) is -3.70. The number of guanidine groups is 1. The Kier molecular flexibility index (Phi) is 24.4. The molecule has 0 aromatic heterocycles. The Morgan fingerprint density at radius 2 is 1.15 bits per heavy atom. The van der Waals surface area contributed by atoms with Gasteiger partial charge in [-0.15, -0.1) is 4.99 Å². The molecule has 5 amide bonds. The molecule has 4 rings (SSSR count). The highest BCUT2D eigenvalue weighted by Crippen LogP contribution is 2.42. The van der Waals surface area contributed by atoms with Gasteiger partial charge in [-0.1, -0.05) is 145 Å². The first-order valence-electron chi connectivity index (χ1n) is 26.8. The molecule has 0 radical (unpaired) electrons. The van der Waals surface area contributed by atoms with E-state index in [0.29, 0.717) is 44.6 Å². The maximum absolute atomic E-state index is 14.6. The molecule has 0 saturated carbocycles. The molecule has 0 aliphatic heterocycles. The summed E-state index contributed by atoms with van der Waals surface area (Å²) in [5.41, 5.74) is 8.17. The number of amides is 5. The van der Waals surface area contributed by atoms with Crippen molar-refractivity contribution < 1.29 is 56.9 Å². The molecule has 0 heterocycles. The van der Waals surface area contributed by atoms with E-state index in [4.69, 9.17) is 29.1 Å². The van der Waals surface area contributed by atoms with Gasteiger partial charge in [0.15, 0.2) is 0 Å². The molecule has 0 unspecified atom stereocenters. The molecule has 5 N–H and O–H groups in total. The molecule has 0 aliphatic carbocycles. The summed E-state index contributed by atoms with van der Waals surface area (Å²) in [7, 11) is -2.29. The van der Waals surface area contributed by atoms with E-state index in [9.17, 15) is 33.6 Å². The number of ketones is 1. The number of aliphatic imine (C=N–C) groups is 1. The largest absolute Gasteiger partial charge is 0.543 e. The molecular formula is C61H80N6O12Si. The van der Waals surface area contributed by atoms with Crippen LogP contribution in [0.5, 0.6) is 5.75 Å². The zero-order valence-electron chi connectivity index (χ0n) is 48.2. The smallest absolute Gasteiger partial charge is 0.437 e. The molecule has 4 aromatic rings. The van der Waals surface area contributed by atoms with Crippen molar-refractivity contribution in [2.45, 2.75) is 155 Å². The van der Waals surface area contributed by atoms with Crippen LogP contribution in [0.2, 0.25) is 16.6 Å². The van der Waals surface area contributed by atoms with Crippen molar-refractivity contribution in [3.05, 3.63) is 155 Å². The number of carbonyl (C=O) groups excluding carboxylic acids is 7. The average Bonchev–Trinajstić information content (AvgIpc) is 3.38. The topological polar surface area (TPSA) is 243 Å². The number of allylic oxidation sites excluding steroid dienone is 1. The van der Waals surface area contributed by atoms with Gasteiger partial charge in [-0.25, -0.2) is 24.1 Å². The molecule has 0 spiro atoms. The predicted octanol–water partition coefficient (Wildman–Crippen LogP) is 10.9. The van der Waals surface area contributed by atoms with Gasteiger partial charge < -0.3 is 45.1 Å². The lowest BCUT2D eigenvalue weighted by Crippen LogP contribution is -2.54. The average molecular weight is 1120 g/mol. The number of nitrogens with zero attached hydrogens (tertiary/aromatic N) is 2. The SMILES string of the molecule is CC(C)[Si](Oc1ccc(/C=C(/C=C/C(=O)OC(C)(C)C)NC(=O)[C@@H](Cc2ccccc2)NC(=O)C(=O)[C@H](CCCN(C(=O)OCc2ccccc2)/C(N)=N/C(=O)OCc2ccccc2)NC(=O)OC(C)(C)C)cc1)(C(C)C)C(C)C. The fraction of sp³-hybridized carbons (Fsp3) is 0.410. The summed E-state index contributed by atoms with van der Waals surface area (Å²) in [6, 6.07) is 30.8. The minimum Gasteiger partial charge on any atom is -0.543 e. The van der Waals surface area contributed by atoms with E-state index in [0.717, 1.165) is 4.90 Å². The third-order valence-electron chi connectivity index (χ3n) is 12.4. The molecule has 18 nitrogen and oxygen atoms in total. The van der Waals surface area contributed by atoms with Crippen LogP contribution < -0.4 is 26.1 Å². The summed E-state index contributed by atoms with van der Waals surface area (Å²) < 4.78 is 28.6. The zero-order chi connectivity index (χ0) is 59.2. The van der Waals surface area contributed by atoms with Gasteiger partial charge in [0.05, 0.1) is 0 Å². The number of nitrogens with one attached hydrogen (secondary N) is 3. The molecule has 430 valence electrons. The highest BCUT2D eigenvalue weighted by atomic mass is 28.4. The monoisotopic (exact) mass is 1120 g/mol. The summed E-state index contributed by atoms with van der Waals surface area (Å²) in [6.45, 7) is 22.6. The third-order valence-corrected chi connectivity index (χ3v) is 18.4. The number of esters is 1. The minimum atomic E-state index is -2.29. The summed E-state index contributed by atoms with van der Waals surface area (Å²) >= 11 is 0. The first kappa shape index (κ1) is 64.5. The molecule has 19 heteroatoms. The lowest BCUT2D eigenvalue weighted by atomic mass is 10.0. The number of rotatable bonds is 24. The van der Waals surface area contributed by atoms with E-state index in [1.165, 1.54) is 12.2 Å². The Morgan fingerprint density at radius 3 is 1.66 bits per heavy atom. The number of alkyl carbamates (subject to hydrolysis) is 1. The molecule has 0 bridgehead atoms. The Balaban J connectivity index is 1.65. The van der Waals surface area contributed by atoms with Gasteiger partial charge in [0.1, 0.15) is 42.2 Å². The van der Waals surface area contributed by atoms with Crippen LogP contribution in [0.15, 0.2) is 138 Å². The molecule has 80 heavy (non-hydrogen) atoms. The van der Waals surface area contributed by atoms with Crippen molar-refractivity contribution in [2.24, 2.45) is 10.7 Å². The standard InChI is InChI=1S/C61H80N6O12Si/c1-41(2)80(42(3)4,43(5)6)79-49-33-30-45(31-34-49)37-48(32-35-52(68)77-60(7,8)9)63-54(70)51(38-44-23-16-13-17-24-44)64-55(71)53(69)50(65-58(73)78-61(10,11)12)29-22-36-67(59(74)76-40-47-27-20-15-21-28-47)56(62)66-57(72)75-39-46-25-18-14-19-26-46/h13-21,23-28,30-35,37,41-43,50-51H,22,29,36,38-40H2,1-12H3,(H,63,70)(H,64,71)(H,65,73)(H2,62,66,72)/b35-32+,48-37-/t50-,51+/m0/s1. The lowest BCUT2D eigenvalue weighted by molar-refractivity contribution is -0.148. The fourth-order valence-electron chi connectivity index (χ4n) is 8.84. The van der Waals surface area contributed by atoms with E-state index in [1.54, 1.807) is 139 Å². The van der Waals surface area contributed by atoms with Crippen molar-refractivity contribution in [1.82, 2.24) is 20.9 Å². The Labute approximate surface area is 472 Å². The molecule has 0 fully saturated rings. The normalized spacial score (nSPS) is 13.0. The van der Waals surface area contributed by atoms with E-state index in [-0.39, 0.29) is 44.7 Å². The van der Waals surface area contributed by atoms with Crippen LogP contribution in [0.3, 0.4) is 0 Å². The van der Waals surface area contributed by atoms with Gasteiger partial charge in [0, 0.05) is 24.7 Å². The molecule has 0 aliphatic rings. The van der Waals surface area contributed by atoms with Gasteiger partial charge in [-0.2, -0.15) is 0 Å². The van der Waals surface area contributed by atoms with E-state index in [1.807, 2.05) is 24.3 Å². The molecule has 0 saturated heterocycles. The maximum Gasteiger partial charge on any atom is 0.437 e. The highest BCUT2D eigenvalue weighted by molar-refractivity contribution is 6.78. The van der Waals surface area contributed by atoms with Crippen LogP contribution in [0.25, 0.3) is 6.08 Å². The highest BCUT2D eigenvalue weighted by Gasteiger charge is 2.47. The molecule has 2 atom stereocenters. The van der Waals surface area contributed by atoms with Gasteiger partial charge in [0.2, 0.25) is 17.6 Å². The molecular weight excluding hydrogens is 1040 g/mol. The quantitative estimate of drug-likeness (QED) is 0.00747. The Bertz CT molecular complexity index is 2770. The Hall–Kier alpha value is -8.06. The van der Waals surface area contributed by atoms with Crippen molar-refractivity contribution in [3.8, 4) is 5.75 Å². The Morgan fingerprint density at radius 1 is 0.637 bits per heavy atom. The first-order valence-corrected chi connectivity index (χ1v) is 28.9. The van der Waals surface area contributed by atoms with E-state index >= 15 is 0 Å². The second-order valence-corrected chi connectivity index (χ2v) is 27.4. The zero-order valence-corrected chi connectivity index (χ0v) is 49.2. The third kappa shape index (κ3) is 21.6. The van der Waals surface area contributed by atoms with Gasteiger partial charge >= 0.3 is 24.2 Å². The second kappa shape index (κ2) is 30.3. The van der Waals surface area contributed by atoms with Crippen molar-refractivity contribution in [2.75, 3.05) is 6.54 Å². The van der Waals surface area contributed by atoms with Crippen LogP contribution in [-0.2, 0) is 57.8 Å². The number of Topliss-reactive ketones (excluding diaryl/α,β-unsaturated/α-hetero) is 1. The van der Waals surface area contributed by atoms with Gasteiger partial charge in [-0.3, -0.25) is 14.4 Å². The summed E-state index contributed by atoms with van der Waals surface area (Å²) in [4.78, 5) is 101. The molecule has 4 aromatic carbocycles. The number of carbonyl (C=O) groups is 7. The number of nitrogens with two attached hydrogens (primary N) is 1. The van der Waals surface area contributed by atoms with Crippen LogP contribution >= 0.6 is 0 Å². The first-order chi connectivity index (χ1) is 37.6. The van der Waals surface area contributed by atoms with Crippen LogP contribution in [-0.4, -0.2) is 90.9 Å². The van der Waals surface area contributed by atoms with Crippen LogP contribution in [0.1, 0.15) is 118 Å². The van der Waals surface area contributed by atoms with E-state index < -0.39 is 79.4 Å². The van der Waals surface area contributed by atoms with Gasteiger partial charge in [-0.05, 0) is 118 Å². The second-order valence-electron chi connectivity index (χ2n) is 22.1. The van der Waals surface area contributed by atoms with Crippen molar-refractivity contribution in [1.29, 1.82) is 0 Å². The van der Waals surface area contributed by atoms with Crippen molar-refractivity contribution in [3.63, 3.8) is 0 Å². The minimum absolute atomic E-state index is 0.0927. The number of benzene rings is 4. The lowest BCUT2D eigenvalue weighted by Gasteiger charge is -2.42. The van der Waals surface area contributed by atoms with E-state index in [2.05, 4.69) is 62.5 Å². The summed E-state index contributed by atoms with van der Waals surface area (Å²) in [6.07, 6.45) is 0.544. The predicted molar refractivity (Wildman–Crippen MR) is 310 cm³/mol. The number of hydrogen-bond donors (Lipinski definition) is 4. The van der Waals surface area contributed by atoms with Gasteiger partial charge in [0.25, 0.3) is 14.2 Å². The number of hydrogen-bond acceptors (Lipinski definition) is 12.